The zero-order valence-corrected chi connectivity index (χ0v) is 10.9. The van der Waals surface area contributed by atoms with Crippen LogP contribution >= 0.6 is 0 Å². The van der Waals surface area contributed by atoms with Gasteiger partial charge in [0.25, 0.3) is 0 Å². The maximum atomic E-state index is 6.10. The van der Waals surface area contributed by atoms with E-state index < -0.39 is 0 Å². The summed E-state index contributed by atoms with van der Waals surface area (Å²) in [5, 5.41) is 0. The molecule has 1 saturated heterocycles. The minimum Gasteiger partial charge on any atom is -0.491 e. The molecule has 100 valence electrons. The first kappa shape index (κ1) is 13.2. The van der Waals surface area contributed by atoms with Gasteiger partial charge in [-0.3, -0.25) is 0 Å². The van der Waals surface area contributed by atoms with Crippen LogP contribution in [0.15, 0.2) is 18.2 Å². The molecule has 0 atom stereocenters. The Bertz CT molecular complexity index is 375. The summed E-state index contributed by atoms with van der Waals surface area (Å²) in [4.78, 5) is 0. The number of benzene rings is 1. The van der Waals surface area contributed by atoms with E-state index in [1.807, 2.05) is 12.1 Å². The molecule has 0 spiro atoms. The van der Waals surface area contributed by atoms with Gasteiger partial charge in [0.2, 0.25) is 0 Å². The molecule has 4 heteroatoms. The Labute approximate surface area is 108 Å². The number of hydrogen-bond acceptors (Lipinski definition) is 4. The number of methoxy groups -OCH3 is 1. The minimum absolute atomic E-state index is 0.520. The first-order chi connectivity index (χ1) is 8.81. The second-order valence-corrected chi connectivity index (χ2v) is 4.52. The third-order valence-corrected chi connectivity index (χ3v) is 3.28. The summed E-state index contributed by atoms with van der Waals surface area (Å²) < 4.78 is 15.9. The highest BCUT2D eigenvalue weighted by Crippen LogP contribution is 2.32. The molecule has 18 heavy (non-hydrogen) atoms. The van der Waals surface area contributed by atoms with Crippen molar-refractivity contribution >= 4 is 5.69 Å². The smallest absolute Gasteiger partial charge is 0.121 e. The second kappa shape index (κ2) is 6.61. The standard InChI is InChI=1S/C14H21NO3/c1-16-8-9-18-12-2-3-13(14(15)10-12)11-4-6-17-7-5-11/h2-3,10-11H,4-9,15H2,1H3. The molecule has 2 rings (SSSR count). The van der Waals surface area contributed by atoms with E-state index in [1.54, 1.807) is 7.11 Å². The van der Waals surface area contributed by atoms with Crippen LogP contribution in [0.2, 0.25) is 0 Å². The van der Waals surface area contributed by atoms with Crippen LogP contribution in [0, 0.1) is 0 Å². The fourth-order valence-electron chi connectivity index (χ4n) is 2.27. The average molecular weight is 251 g/mol. The van der Waals surface area contributed by atoms with Gasteiger partial charge in [0.05, 0.1) is 6.61 Å². The lowest BCUT2D eigenvalue weighted by molar-refractivity contribution is 0.0854. The van der Waals surface area contributed by atoms with Crippen molar-refractivity contribution in [2.24, 2.45) is 0 Å². The van der Waals surface area contributed by atoms with Crippen molar-refractivity contribution in [2.45, 2.75) is 18.8 Å². The number of nitrogen functional groups attached to an aromatic ring is 1. The van der Waals surface area contributed by atoms with E-state index in [4.69, 9.17) is 19.9 Å². The van der Waals surface area contributed by atoms with Gasteiger partial charge in [-0.05, 0) is 30.4 Å². The van der Waals surface area contributed by atoms with Gasteiger partial charge in [-0.15, -0.1) is 0 Å². The number of ether oxygens (including phenoxy) is 3. The van der Waals surface area contributed by atoms with Crippen molar-refractivity contribution in [1.29, 1.82) is 0 Å². The average Bonchev–Trinajstić information content (AvgIpc) is 2.40. The third-order valence-electron chi connectivity index (χ3n) is 3.28. The molecular weight excluding hydrogens is 230 g/mol. The van der Waals surface area contributed by atoms with E-state index in [1.165, 1.54) is 5.56 Å². The van der Waals surface area contributed by atoms with Crippen LogP contribution in [0.4, 0.5) is 5.69 Å². The van der Waals surface area contributed by atoms with Gasteiger partial charge in [0.1, 0.15) is 12.4 Å². The van der Waals surface area contributed by atoms with Crippen LogP contribution in [-0.2, 0) is 9.47 Å². The Kier molecular flexibility index (Phi) is 4.84. The van der Waals surface area contributed by atoms with Crippen molar-refractivity contribution in [2.75, 3.05) is 39.3 Å². The summed E-state index contributed by atoms with van der Waals surface area (Å²) in [5.74, 6) is 1.33. The largest absolute Gasteiger partial charge is 0.491 e. The van der Waals surface area contributed by atoms with E-state index >= 15 is 0 Å². The Morgan fingerprint density at radius 1 is 1.28 bits per heavy atom. The molecule has 1 aromatic carbocycles. The normalized spacial score (nSPS) is 16.7. The topological polar surface area (TPSA) is 53.7 Å². The van der Waals surface area contributed by atoms with Crippen molar-refractivity contribution in [1.82, 2.24) is 0 Å². The lowest BCUT2D eigenvalue weighted by Crippen LogP contribution is -2.15. The lowest BCUT2D eigenvalue weighted by Gasteiger charge is -2.23. The SMILES string of the molecule is COCCOc1ccc(C2CCOCC2)c(N)c1. The number of hydrogen-bond donors (Lipinski definition) is 1. The van der Waals surface area contributed by atoms with Crippen molar-refractivity contribution < 1.29 is 14.2 Å². The van der Waals surface area contributed by atoms with Crippen molar-refractivity contribution in [3.8, 4) is 5.75 Å². The Morgan fingerprint density at radius 3 is 2.72 bits per heavy atom. The van der Waals surface area contributed by atoms with E-state index in [0.29, 0.717) is 19.1 Å². The summed E-state index contributed by atoms with van der Waals surface area (Å²) in [5.41, 5.74) is 8.14. The van der Waals surface area contributed by atoms with Crippen LogP contribution in [0.5, 0.6) is 5.75 Å². The molecule has 0 amide bonds. The molecule has 4 nitrogen and oxygen atoms in total. The molecule has 1 fully saturated rings. The molecule has 1 aliphatic rings. The second-order valence-electron chi connectivity index (χ2n) is 4.52. The molecule has 0 unspecified atom stereocenters. The summed E-state index contributed by atoms with van der Waals surface area (Å²) in [7, 11) is 1.66. The van der Waals surface area contributed by atoms with Gasteiger partial charge < -0.3 is 19.9 Å². The summed E-state index contributed by atoms with van der Waals surface area (Å²) in [6.07, 6.45) is 2.10. The monoisotopic (exact) mass is 251 g/mol. The Hall–Kier alpha value is -1.26. The lowest BCUT2D eigenvalue weighted by atomic mass is 9.90. The third kappa shape index (κ3) is 3.37. The van der Waals surface area contributed by atoms with Gasteiger partial charge in [-0.25, -0.2) is 0 Å². The van der Waals surface area contributed by atoms with E-state index in [9.17, 15) is 0 Å². The number of anilines is 1. The molecular formula is C14H21NO3. The van der Waals surface area contributed by atoms with Crippen LogP contribution in [0.1, 0.15) is 24.3 Å². The van der Waals surface area contributed by atoms with Crippen LogP contribution < -0.4 is 10.5 Å². The fourth-order valence-corrected chi connectivity index (χ4v) is 2.27. The molecule has 2 N–H and O–H groups in total. The zero-order chi connectivity index (χ0) is 12.8. The summed E-state index contributed by atoms with van der Waals surface area (Å²) in [6, 6.07) is 5.96. The van der Waals surface area contributed by atoms with Crippen molar-refractivity contribution in [3.63, 3.8) is 0 Å². The maximum absolute atomic E-state index is 6.10. The van der Waals surface area contributed by atoms with E-state index in [0.717, 1.165) is 37.5 Å². The molecule has 0 aliphatic carbocycles. The first-order valence-corrected chi connectivity index (χ1v) is 6.40. The van der Waals surface area contributed by atoms with Gasteiger partial charge >= 0.3 is 0 Å². The molecule has 0 saturated carbocycles. The number of nitrogens with two attached hydrogens (primary N) is 1. The highest BCUT2D eigenvalue weighted by molar-refractivity contribution is 5.53. The van der Waals surface area contributed by atoms with Gasteiger partial charge in [0.15, 0.2) is 0 Å². The van der Waals surface area contributed by atoms with Crippen LogP contribution in [0.3, 0.4) is 0 Å². The van der Waals surface area contributed by atoms with E-state index in [2.05, 4.69) is 6.07 Å². The summed E-state index contributed by atoms with van der Waals surface area (Å²) >= 11 is 0. The highest BCUT2D eigenvalue weighted by atomic mass is 16.5. The predicted molar refractivity (Wildman–Crippen MR) is 71.0 cm³/mol. The van der Waals surface area contributed by atoms with Gasteiger partial charge in [-0.1, -0.05) is 6.07 Å². The molecule has 0 radical (unpaired) electrons. The van der Waals surface area contributed by atoms with Crippen LogP contribution in [0.25, 0.3) is 0 Å². The zero-order valence-electron chi connectivity index (χ0n) is 10.9. The molecule has 0 aromatic heterocycles. The minimum atomic E-state index is 0.520. The molecule has 1 aromatic rings. The molecule has 1 heterocycles. The molecule has 0 bridgehead atoms. The first-order valence-electron chi connectivity index (χ1n) is 6.40. The summed E-state index contributed by atoms with van der Waals surface area (Å²) in [6.45, 7) is 2.79. The van der Waals surface area contributed by atoms with Crippen LogP contribution in [-0.4, -0.2) is 33.5 Å². The number of rotatable bonds is 5. The fraction of sp³-hybridized carbons (Fsp3) is 0.571. The Morgan fingerprint density at radius 2 is 2.06 bits per heavy atom. The molecule has 1 aliphatic heterocycles. The van der Waals surface area contributed by atoms with E-state index in [-0.39, 0.29) is 0 Å². The van der Waals surface area contributed by atoms with Crippen molar-refractivity contribution in [3.05, 3.63) is 23.8 Å². The quantitative estimate of drug-likeness (QED) is 0.644. The highest BCUT2D eigenvalue weighted by Gasteiger charge is 2.18. The Balaban J connectivity index is 2.00. The van der Waals surface area contributed by atoms with Gasteiger partial charge in [-0.2, -0.15) is 0 Å². The predicted octanol–water partition coefficient (Wildman–Crippen LogP) is 2.19. The van der Waals surface area contributed by atoms with Gasteiger partial charge in [0, 0.05) is 32.1 Å². The maximum Gasteiger partial charge on any atom is 0.121 e.